The normalized spacial score (nSPS) is 26.2. The Labute approximate surface area is 118 Å². The number of rotatable bonds is 5. The van der Waals surface area contributed by atoms with E-state index in [1.54, 1.807) is 6.26 Å². The van der Waals surface area contributed by atoms with Crippen LogP contribution in [0.25, 0.3) is 0 Å². The molecule has 3 atom stereocenters. The summed E-state index contributed by atoms with van der Waals surface area (Å²) in [5.41, 5.74) is 1.36. The number of piperazine rings is 1. The van der Waals surface area contributed by atoms with Crippen molar-refractivity contribution in [3.8, 4) is 0 Å². The van der Waals surface area contributed by atoms with E-state index in [0.717, 1.165) is 31.8 Å². The zero-order valence-corrected chi connectivity index (χ0v) is 12.7. The van der Waals surface area contributed by atoms with Gasteiger partial charge in [-0.05, 0) is 25.5 Å². The number of nitrogens with zero attached hydrogens (tertiary/aromatic N) is 1. The van der Waals surface area contributed by atoms with E-state index in [0.29, 0.717) is 12.1 Å². The molecule has 106 valence electrons. The fourth-order valence-corrected chi connectivity index (χ4v) is 3.15. The molecule has 1 fully saturated rings. The highest BCUT2D eigenvalue weighted by Crippen LogP contribution is 2.19. The van der Waals surface area contributed by atoms with Crippen LogP contribution in [-0.4, -0.2) is 46.8 Å². The van der Waals surface area contributed by atoms with E-state index in [2.05, 4.69) is 47.5 Å². The molecule has 1 saturated heterocycles. The third-order valence-corrected chi connectivity index (χ3v) is 4.64. The van der Waals surface area contributed by atoms with Crippen molar-refractivity contribution in [3.63, 3.8) is 0 Å². The van der Waals surface area contributed by atoms with Gasteiger partial charge in [0.15, 0.2) is 0 Å². The molecule has 1 heterocycles. The van der Waals surface area contributed by atoms with Crippen LogP contribution in [0.1, 0.15) is 24.9 Å². The molecule has 0 bridgehead atoms. The van der Waals surface area contributed by atoms with Crippen molar-refractivity contribution in [2.75, 3.05) is 31.6 Å². The van der Waals surface area contributed by atoms with Crippen LogP contribution in [0.5, 0.6) is 0 Å². The number of hydrogen-bond donors (Lipinski definition) is 1. The van der Waals surface area contributed by atoms with E-state index in [4.69, 9.17) is 0 Å². The minimum atomic E-state index is -0.668. The molecule has 1 aliphatic rings. The monoisotopic (exact) mass is 280 g/mol. The minimum Gasteiger partial charge on any atom is -0.307 e. The summed E-state index contributed by atoms with van der Waals surface area (Å²) < 4.78 is 11.1. The SMILES string of the molecule is CC1CNC(c2ccccc2)CN1CCCS(C)=O. The Morgan fingerprint density at radius 2 is 2.11 bits per heavy atom. The average Bonchev–Trinajstić information content (AvgIpc) is 2.41. The smallest absolute Gasteiger partial charge is 0.0449 e. The standard InChI is InChI=1S/C15H24N2OS/c1-13-11-16-15(14-7-4-3-5-8-14)12-17(13)9-6-10-19(2)18/h3-5,7-8,13,15-16H,6,9-12H2,1-2H3. The van der Waals surface area contributed by atoms with Gasteiger partial charge in [0.1, 0.15) is 0 Å². The van der Waals surface area contributed by atoms with Crippen LogP contribution in [0, 0.1) is 0 Å². The van der Waals surface area contributed by atoms with E-state index in [1.807, 2.05) is 0 Å². The highest BCUT2D eigenvalue weighted by Gasteiger charge is 2.25. The number of benzene rings is 1. The second-order valence-electron chi connectivity index (χ2n) is 5.35. The Morgan fingerprint density at radius 1 is 1.37 bits per heavy atom. The molecule has 3 unspecified atom stereocenters. The van der Waals surface area contributed by atoms with Crippen LogP contribution >= 0.6 is 0 Å². The van der Waals surface area contributed by atoms with Crippen molar-refractivity contribution in [3.05, 3.63) is 35.9 Å². The summed E-state index contributed by atoms with van der Waals surface area (Å²) >= 11 is 0. The van der Waals surface area contributed by atoms with Gasteiger partial charge in [-0.3, -0.25) is 9.11 Å². The molecule has 0 aromatic heterocycles. The summed E-state index contributed by atoms with van der Waals surface area (Å²) in [5, 5.41) is 3.61. The predicted octanol–water partition coefficient (Wildman–Crippen LogP) is 1.79. The van der Waals surface area contributed by atoms with Gasteiger partial charge in [0.05, 0.1) is 0 Å². The molecule has 0 amide bonds. The first kappa shape index (κ1) is 14.7. The van der Waals surface area contributed by atoms with Gasteiger partial charge in [-0.15, -0.1) is 0 Å². The fraction of sp³-hybridized carbons (Fsp3) is 0.600. The van der Waals surface area contributed by atoms with Gasteiger partial charge in [-0.2, -0.15) is 0 Å². The molecule has 0 aliphatic carbocycles. The topological polar surface area (TPSA) is 32.3 Å². The largest absolute Gasteiger partial charge is 0.307 e. The van der Waals surface area contributed by atoms with Crippen molar-refractivity contribution in [2.24, 2.45) is 0 Å². The first-order chi connectivity index (χ1) is 9.16. The van der Waals surface area contributed by atoms with Gasteiger partial charge in [0.2, 0.25) is 0 Å². The molecule has 1 aromatic rings. The van der Waals surface area contributed by atoms with Crippen LogP contribution in [-0.2, 0) is 10.8 Å². The van der Waals surface area contributed by atoms with Crippen LogP contribution in [0.2, 0.25) is 0 Å². The zero-order valence-electron chi connectivity index (χ0n) is 11.8. The highest BCUT2D eigenvalue weighted by molar-refractivity contribution is 7.84. The van der Waals surface area contributed by atoms with E-state index < -0.39 is 10.8 Å². The summed E-state index contributed by atoms with van der Waals surface area (Å²) in [6.45, 7) is 5.37. The maximum Gasteiger partial charge on any atom is 0.0449 e. The third kappa shape index (κ3) is 4.41. The molecular formula is C15H24N2OS. The minimum absolute atomic E-state index is 0.421. The van der Waals surface area contributed by atoms with Crippen LogP contribution in [0.15, 0.2) is 30.3 Å². The van der Waals surface area contributed by atoms with Gasteiger partial charge in [0, 0.05) is 48.0 Å². The summed E-state index contributed by atoms with van der Waals surface area (Å²) in [5.74, 6) is 0.812. The highest BCUT2D eigenvalue weighted by atomic mass is 32.2. The summed E-state index contributed by atoms with van der Waals surface area (Å²) in [6.07, 6.45) is 2.81. The quantitative estimate of drug-likeness (QED) is 0.892. The molecule has 4 heteroatoms. The first-order valence-corrected chi connectivity index (χ1v) is 8.72. The number of nitrogens with one attached hydrogen (secondary N) is 1. The second-order valence-corrected chi connectivity index (χ2v) is 6.90. The molecule has 0 saturated carbocycles. The molecule has 1 aromatic carbocycles. The first-order valence-electron chi connectivity index (χ1n) is 6.99. The van der Waals surface area contributed by atoms with E-state index in [-0.39, 0.29) is 0 Å². The van der Waals surface area contributed by atoms with Crippen LogP contribution in [0.4, 0.5) is 0 Å². The van der Waals surface area contributed by atoms with E-state index in [9.17, 15) is 4.21 Å². The Hall–Kier alpha value is -0.710. The molecule has 19 heavy (non-hydrogen) atoms. The molecule has 3 nitrogen and oxygen atoms in total. The van der Waals surface area contributed by atoms with Crippen LogP contribution in [0.3, 0.4) is 0 Å². The summed E-state index contributed by atoms with van der Waals surface area (Å²) in [4.78, 5) is 2.51. The van der Waals surface area contributed by atoms with Crippen LogP contribution < -0.4 is 5.32 Å². The van der Waals surface area contributed by atoms with E-state index in [1.165, 1.54) is 5.56 Å². The molecule has 1 N–H and O–H groups in total. The Balaban J connectivity index is 1.90. The molecule has 0 radical (unpaired) electrons. The Kier molecular flexibility index (Phi) is 5.55. The lowest BCUT2D eigenvalue weighted by molar-refractivity contribution is 0.142. The van der Waals surface area contributed by atoms with Gasteiger partial charge < -0.3 is 5.32 Å². The van der Waals surface area contributed by atoms with E-state index >= 15 is 0 Å². The van der Waals surface area contributed by atoms with Crippen molar-refractivity contribution in [1.82, 2.24) is 10.2 Å². The lowest BCUT2D eigenvalue weighted by Crippen LogP contribution is -2.51. The van der Waals surface area contributed by atoms with Crippen molar-refractivity contribution >= 4 is 10.8 Å². The van der Waals surface area contributed by atoms with Gasteiger partial charge in [-0.1, -0.05) is 30.3 Å². The third-order valence-electron chi connectivity index (χ3n) is 3.78. The van der Waals surface area contributed by atoms with Crippen molar-refractivity contribution in [2.45, 2.75) is 25.4 Å². The predicted molar refractivity (Wildman–Crippen MR) is 81.8 cm³/mol. The van der Waals surface area contributed by atoms with Gasteiger partial charge in [-0.25, -0.2) is 0 Å². The number of hydrogen-bond acceptors (Lipinski definition) is 3. The summed E-state index contributed by atoms with van der Waals surface area (Å²) in [7, 11) is -0.668. The summed E-state index contributed by atoms with van der Waals surface area (Å²) in [6, 6.07) is 11.6. The molecule has 1 aliphatic heterocycles. The lowest BCUT2D eigenvalue weighted by Gasteiger charge is -2.39. The van der Waals surface area contributed by atoms with Crippen molar-refractivity contribution < 1.29 is 4.21 Å². The van der Waals surface area contributed by atoms with Gasteiger partial charge in [0.25, 0.3) is 0 Å². The zero-order chi connectivity index (χ0) is 13.7. The lowest BCUT2D eigenvalue weighted by atomic mass is 10.0. The average molecular weight is 280 g/mol. The van der Waals surface area contributed by atoms with Crippen molar-refractivity contribution in [1.29, 1.82) is 0 Å². The fourth-order valence-electron chi connectivity index (χ4n) is 2.61. The second kappa shape index (κ2) is 7.17. The Bertz CT molecular complexity index is 410. The molecule has 2 rings (SSSR count). The molecule has 0 spiro atoms. The maximum atomic E-state index is 11.1. The maximum absolute atomic E-state index is 11.1. The van der Waals surface area contributed by atoms with Gasteiger partial charge >= 0.3 is 0 Å². The molecular weight excluding hydrogens is 256 g/mol. The Morgan fingerprint density at radius 3 is 2.79 bits per heavy atom.